The van der Waals surface area contributed by atoms with Crippen LogP contribution >= 0.6 is 0 Å². The zero-order valence-electron chi connectivity index (χ0n) is 14.4. The molecule has 0 aliphatic carbocycles. The average Bonchev–Trinajstić information content (AvgIpc) is 2.95. The number of allylic oxidation sites excluding steroid dienone is 2. The number of hydrogen-bond donors (Lipinski definition) is 2. The average molecular weight is 351 g/mol. The van der Waals surface area contributed by atoms with Crippen LogP contribution in [0.1, 0.15) is 30.4 Å². The number of imidazole rings is 1. The topological polar surface area (TPSA) is 98.8 Å². The number of nitrogens with one attached hydrogen (secondary N) is 1. The summed E-state index contributed by atoms with van der Waals surface area (Å²) in [6.45, 7) is 0.927. The first-order valence-electron chi connectivity index (χ1n) is 8.82. The number of nitrogens with two attached hydrogens (primary N) is 1. The van der Waals surface area contributed by atoms with Crippen molar-refractivity contribution in [3.05, 3.63) is 58.0 Å². The minimum Gasteiger partial charge on any atom is -0.463 e. The minimum atomic E-state index is -0.261. The van der Waals surface area contributed by atoms with Crippen LogP contribution in [0.3, 0.4) is 0 Å². The van der Waals surface area contributed by atoms with E-state index >= 15 is 0 Å². The second kappa shape index (κ2) is 7.03. The lowest BCUT2D eigenvalue weighted by Gasteiger charge is -2.07. The van der Waals surface area contributed by atoms with Crippen LogP contribution in [-0.4, -0.2) is 26.1 Å². The Hall–Kier alpha value is -3.09. The summed E-state index contributed by atoms with van der Waals surface area (Å²) in [5.41, 5.74) is 8.90. The lowest BCUT2D eigenvalue weighted by atomic mass is 10.1. The number of H-pyrrole nitrogens is 1. The van der Waals surface area contributed by atoms with Crippen LogP contribution in [0.2, 0.25) is 0 Å². The van der Waals surface area contributed by atoms with Crippen LogP contribution in [0.15, 0.2) is 41.2 Å². The highest BCUT2D eigenvalue weighted by molar-refractivity contribution is 5.81. The Bertz CT molecular complexity index is 1000. The van der Waals surface area contributed by atoms with Gasteiger partial charge < -0.3 is 15.5 Å². The van der Waals surface area contributed by atoms with Crippen molar-refractivity contribution in [3.8, 4) is 6.01 Å². The molecule has 4 bridgehead atoms. The van der Waals surface area contributed by atoms with Gasteiger partial charge in [0.2, 0.25) is 0 Å². The number of ether oxygens (including phenoxy) is 1. The Labute approximate surface area is 150 Å². The summed E-state index contributed by atoms with van der Waals surface area (Å²) in [6, 6.07) is 8.46. The van der Waals surface area contributed by atoms with E-state index in [4.69, 9.17) is 10.5 Å². The van der Waals surface area contributed by atoms with Gasteiger partial charge in [0.05, 0.1) is 13.2 Å². The Morgan fingerprint density at radius 1 is 1.08 bits per heavy atom. The van der Waals surface area contributed by atoms with Crippen LogP contribution in [0.4, 0.5) is 5.82 Å². The fourth-order valence-corrected chi connectivity index (χ4v) is 3.07. The molecule has 2 aromatic heterocycles. The van der Waals surface area contributed by atoms with Gasteiger partial charge in [0.1, 0.15) is 5.52 Å². The molecule has 0 radical (unpaired) electrons. The molecule has 1 aromatic carbocycles. The van der Waals surface area contributed by atoms with Crippen molar-refractivity contribution in [2.75, 3.05) is 12.3 Å². The molecule has 0 fully saturated rings. The van der Waals surface area contributed by atoms with Crippen molar-refractivity contribution in [3.63, 3.8) is 0 Å². The smallest absolute Gasteiger partial charge is 0.328 e. The van der Waals surface area contributed by atoms with E-state index in [0.29, 0.717) is 24.3 Å². The van der Waals surface area contributed by atoms with Gasteiger partial charge in [-0.05, 0) is 36.8 Å². The van der Waals surface area contributed by atoms with Gasteiger partial charge in [-0.2, -0.15) is 9.97 Å². The minimum absolute atomic E-state index is 0.206. The van der Waals surface area contributed by atoms with Gasteiger partial charge in [-0.25, -0.2) is 4.79 Å². The fourth-order valence-electron chi connectivity index (χ4n) is 3.07. The normalized spacial score (nSPS) is 15.2. The summed E-state index contributed by atoms with van der Waals surface area (Å²) in [6.07, 6.45) is 8.26. The molecule has 0 saturated heterocycles. The molecule has 3 N–H and O–H groups in total. The van der Waals surface area contributed by atoms with Gasteiger partial charge in [0.15, 0.2) is 11.5 Å². The maximum atomic E-state index is 12.4. The number of benzene rings is 1. The van der Waals surface area contributed by atoms with Crippen LogP contribution in [-0.2, 0) is 13.0 Å². The summed E-state index contributed by atoms with van der Waals surface area (Å²) >= 11 is 0. The molecule has 2 aliphatic rings. The number of nitrogen functional groups attached to an aromatic ring is 1. The number of anilines is 1. The van der Waals surface area contributed by atoms with E-state index in [1.807, 2.05) is 12.1 Å². The van der Waals surface area contributed by atoms with Crippen molar-refractivity contribution in [2.45, 2.75) is 32.2 Å². The lowest BCUT2D eigenvalue weighted by Crippen LogP contribution is -2.17. The molecule has 0 unspecified atom stereocenters. The van der Waals surface area contributed by atoms with Crippen molar-refractivity contribution in [1.82, 2.24) is 19.5 Å². The van der Waals surface area contributed by atoms with Gasteiger partial charge in [-0.15, -0.1) is 0 Å². The van der Waals surface area contributed by atoms with E-state index in [-0.39, 0.29) is 17.5 Å². The van der Waals surface area contributed by atoms with E-state index < -0.39 is 0 Å². The highest BCUT2D eigenvalue weighted by Gasteiger charge is 2.15. The van der Waals surface area contributed by atoms with E-state index in [0.717, 1.165) is 31.2 Å². The Morgan fingerprint density at radius 2 is 1.88 bits per heavy atom. The third-order valence-electron chi connectivity index (χ3n) is 4.51. The molecule has 5 rings (SSSR count). The van der Waals surface area contributed by atoms with Gasteiger partial charge in [-0.3, -0.25) is 4.57 Å². The highest BCUT2D eigenvalue weighted by atomic mass is 16.5. The molecule has 0 saturated carbocycles. The third kappa shape index (κ3) is 3.33. The maximum Gasteiger partial charge on any atom is 0.328 e. The summed E-state index contributed by atoms with van der Waals surface area (Å²) in [5, 5.41) is 0. The molecule has 3 aromatic rings. The van der Waals surface area contributed by atoms with Gasteiger partial charge >= 0.3 is 11.7 Å². The van der Waals surface area contributed by atoms with Crippen LogP contribution in [0, 0.1) is 0 Å². The number of hydrogen-bond acceptors (Lipinski definition) is 5. The second-order valence-corrected chi connectivity index (χ2v) is 6.44. The van der Waals surface area contributed by atoms with Crippen LogP contribution < -0.4 is 16.2 Å². The predicted molar refractivity (Wildman–Crippen MR) is 100 cm³/mol. The Kier molecular flexibility index (Phi) is 4.43. The zero-order chi connectivity index (χ0) is 17.9. The molecule has 0 amide bonds. The molecular formula is C19H21N5O2. The van der Waals surface area contributed by atoms with Crippen molar-refractivity contribution in [2.24, 2.45) is 0 Å². The zero-order valence-corrected chi connectivity index (χ0v) is 14.4. The molecule has 2 aliphatic heterocycles. The number of aromatic amines is 1. The van der Waals surface area contributed by atoms with E-state index in [1.54, 1.807) is 4.57 Å². The number of nitrogens with zero attached hydrogens (tertiary/aromatic N) is 3. The first-order valence-corrected chi connectivity index (χ1v) is 8.82. The molecule has 7 heteroatoms. The number of fused-ring (bicyclic) bond motifs is 8. The fraction of sp³-hybridized carbons (Fsp3) is 0.316. The van der Waals surface area contributed by atoms with Crippen molar-refractivity contribution >= 4 is 17.0 Å². The highest BCUT2D eigenvalue weighted by Crippen LogP contribution is 2.19. The van der Waals surface area contributed by atoms with Crippen molar-refractivity contribution in [1.29, 1.82) is 0 Å². The van der Waals surface area contributed by atoms with Crippen molar-refractivity contribution < 1.29 is 4.74 Å². The van der Waals surface area contributed by atoms with Gasteiger partial charge in [-0.1, -0.05) is 36.4 Å². The molecule has 0 spiro atoms. The van der Waals surface area contributed by atoms with E-state index in [1.165, 1.54) is 5.56 Å². The van der Waals surface area contributed by atoms with Gasteiger partial charge in [0, 0.05) is 0 Å². The maximum absolute atomic E-state index is 12.4. The van der Waals surface area contributed by atoms with E-state index in [2.05, 4.69) is 39.2 Å². The summed E-state index contributed by atoms with van der Waals surface area (Å²) in [4.78, 5) is 23.7. The summed E-state index contributed by atoms with van der Waals surface area (Å²) < 4.78 is 7.21. The van der Waals surface area contributed by atoms with Crippen LogP contribution in [0.5, 0.6) is 6.01 Å². The molecule has 26 heavy (non-hydrogen) atoms. The second-order valence-electron chi connectivity index (χ2n) is 6.44. The molecule has 4 heterocycles. The summed E-state index contributed by atoms with van der Waals surface area (Å²) in [7, 11) is 0. The SMILES string of the molecule is Nc1nc2nc3c1[nH]c(=O)n3Cc1ccc(cc1)CC=CCCCCO2. The first-order chi connectivity index (χ1) is 12.7. The summed E-state index contributed by atoms with van der Waals surface area (Å²) in [5.74, 6) is 0.219. The largest absolute Gasteiger partial charge is 0.463 e. The third-order valence-corrected chi connectivity index (χ3v) is 4.51. The first kappa shape index (κ1) is 16.4. The quantitative estimate of drug-likeness (QED) is 0.606. The van der Waals surface area contributed by atoms with Crippen LogP contribution in [0.25, 0.3) is 11.2 Å². The number of aromatic nitrogens is 4. The van der Waals surface area contributed by atoms with Gasteiger partial charge in [0.25, 0.3) is 0 Å². The van der Waals surface area contributed by atoms with E-state index in [9.17, 15) is 4.79 Å². The number of rotatable bonds is 0. The lowest BCUT2D eigenvalue weighted by molar-refractivity contribution is 0.285. The molecular weight excluding hydrogens is 330 g/mol. The Morgan fingerprint density at radius 3 is 2.73 bits per heavy atom. The Balaban J connectivity index is 1.77. The molecule has 134 valence electrons. The molecule has 7 nitrogen and oxygen atoms in total. The predicted octanol–water partition coefficient (Wildman–Crippen LogP) is 2.41. The molecule has 0 atom stereocenters. The standard InChI is InChI=1S/C19H21N5O2/c20-16-15-17-23-18(22-16)26-11-5-3-1-2-4-6-13-7-9-14(10-8-13)12-24(17)19(25)21-15/h2,4,7-10H,1,3,5-6,11-12H2,(H,21,25)(H2,20,22,23). The monoisotopic (exact) mass is 351 g/mol.